The molecular weight excluding hydrogens is 156 g/mol. The molecule has 0 saturated heterocycles. The molecule has 3 aliphatic rings. The van der Waals surface area contributed by atoms with Gasteiger partial charge in [-0.2, -0.15) is 0 Å². The van der Waals surface area contributed by atoms with Crippen molar-refractivity contribution < 1.29 is 0 Å². The lowest BCUT2D eigenvalue weighted by atomic mass is 9.62. The average Bonchev–Trinajstić information content (AvgIpc) is 2.70. The van der Waals surface area contributed by atoms with Gasteiger partial charge in [-0.1, -0.05) is 20.3 Å². The molecule has 74 valence electrons. The molecule has 3 aliphatic carbocycles. The molecule has 0 aromatic rings. The molecule has 0 amide bonds. The van der Waals surface area contributed by atoms with E-state index in [1.807, 2.05) is 0 Å². The van der Waals surface area contributed by atoms with Crippen LogP contribution in [0.3, 0.4) is 0 Å². The summed E-state index contributed by atoms with van der Waals surface area (Å²) in [4.78, 5) is 0. The summed E-state index contributed by atoms with van der Waals surface area (Å²) in [5, 5.41) is 0. The number of hydrogen-bond donors (Lipinski definition) is 0. The highest BCUT2D eigenvalue weighted by atomic mass is 14.6. The van der Waals surface area contributed by atoms with E-state index >= 15 is 0 Å². The normalized spacial score (nSPS) is 58.6. The Morgan fingerprint density at radius 2 is 1.85 bits per heavy atom. The van der Waals surface area contributed by atoms with Gasteiger partial charge >= 0.3 is 0 Å². The van der Waals surface area contributed by atoms with Crippen LogP contribution in [0.2, 0.25) is 0 Å². The largest absolute Gasteiger partial charge is 0.0651 e. The Labute approximate surface area is 82.1 Å². The second kappa shape index (κ2) is 2.74. The predicted molar refractivity (Wildman–Crippen MR) is 55.4 cm³/mol. The Balaban J connectivity index is 1.69. The molecule has 0 aromatic heterocycles. The first-order valence-electron chi connectivity index (χ1n) is 6.31. The number of fused-ring (bicyclic) bond motifs is 1. The topological polar surface area (TPSA) is 0 Å². The Kier molecular flexibility index (Phi) is 1.76. The fourth-order valence-electron chi connectivity index (χ4n) is 4.39. The molecule has 3 saturated carbocycles. The summed E-state index contributed by atoms with van der Waals surface area (Å²) in [7, 11) is 0. The van der Waals surface area contributed by atoms with E-state index in [1.54, 1.807) is 25.7 Å². The minimum atomic E-state index is 1.09. The fraction of sp³-hybridized carbons (Fsp3) is 1.00. The van der Waals surface area contributed by atoms with Crippen molar-refractivity contribution in [3.8, 4) is 0 Å². The van der Waals surface area contributed by atoms with Gasteiger partial charge in [-0.25, -0.2) is 0 Å². The maximum Gasteiger partial charge on any atom is -0.0326 e. The van der Waals surface area contributed by atoms with Crippen LogP contribution in [-0.2, 0) is 0 Å². The summed E-state index contributed by atoms with van der Waals surface area (Å²) in [6.07, 6.45) is 7.76. The van der Waals surface area contributed by atoms with E-state index in [-0.39, 0.29) is 0 Å². The molecule has 0 heterocycles. The average molecular weight is 178 g/mol. The van der Waals surface area contributed by atoms with E-state index in [0.717, 1.165) is 17.8 Å². The SMILES string of the molecule is CCC1CC2CCC(C3CC3C)C12. The molecule has 6 atom stereocenters. The quantitative estimate of drug-likeness (QED) is 0.604. The Bertz CT molecular complexity index is 204. The van der Waals surface area contributed by atoms with Gasteiger partial charge < -0.3 is 0 Å². The third-order valence-electron chi connectivity index (χ3n) is 5.31. The zero-order valence-electron chi connectivity index (χ0n) is 9.00. The summed E-state index contributed by atoms with van der Waals surface area (Å²) in [6.45, 7) is 4.85. The van der Waals surface area contributed by atoms with E-state index in [9.17, 15) is 0 Å². The zero-order valence-corrected chi connectivity index (χ0v) is 9.00. The minimum absolute atomic E-state index is 1.09. The summed E-state index contributed by atoms with van der Waals surface area (Å²) in [6, 6.07) is 0. The van der Waals surface area contributed by atoms with Crippen molar-refractivity contribution in [2.45, 2.75) is 46.0 Å². The first kappa shape index (κ1) is 8.32. The maximum atomic E-state index is 2.46. The van der Waals surface area contributed by atoms with Gasteiger partial charge in [-0.15, -0.1) is 0 Å². The van der Waals surface area contributed by atoms with Crippen molar-refractivity contribution in [3.05, 3.63) is 0 Å². The van der Waals surface area contributed by atoms with Gasteiger partial charge in [-0.3, -0.25) is 0 Å². The van der Waals surface area contributed by atoms with Crippen LogP contribution in [0.1, 0.15) is 46.0 Å². The molecule has 6 unspecified atom stereocenters. The van der Waals surface area contributed by atoms with Crippen LogP contribution in [0.15, 0.2) is 0 Å². The van der Waals surface area contributed by atoms with Crippen molar-refractivity contribution in [2.75, 3.05) is 0 Å². The monoisotopic (exact) mass is 178 g/mol. The van der Waals surface area contributed by atoms with Crippen LogP contribution in [0.5, 0.6) is 0 Å². The van der Waals surface area contributed by atoms with E-state index in [1.165, 1.54) is 24.2 Å². The van der Waals surface area contributed by atoms with Crippen LogP contribution in [0, 0.1) is 35.5 Å². The first-order valence-corrected chi connectivity index (χ1v) is 6.31. The van der Waals surface area contributed by atoms with Crippen LogP contribution >= 0.6 is 0 Å². The van der Waals surface area contributed by atoms with E-state index in [0.29, 0.717) is 0 Å². The highest BCUT2D eigenvalue weighted by molar-refractivity contribution is 5.03. The van der Waals surface area contributed by atoms with Gasteiger partial charge in [0.1, 0.15) is 0 Å². The highest BCUT2D eigenvalue weighted by Crippen LogP contribution is 2.62. The zero-order chi connectivity index (χ0) is 9.00. The number of rotatable bonds is 2. The van der Waals surface area contributed by atoms with Crippen molar-refractivity contribution in [2.24, 2.45) is 35.5 Å². The smallest absolute Gasteiger partial charge is 0.0326 e. The van der Waals surface area contributed by atoms with Gasteiger partial charge in [0, 0.05) is 0 Å². The lowest BCUT2D eigenvalue weighted by Gasteiger charge is -2.43. The van der Waals surface area contributed by atoms with E-state index in [2.05, 4.69) is 13.8 Å². The third-order valence-corrected chi connectivity index (χ3v) is 5.31. The number of hydrogen-bond acceptors (Lipinski definition) is 0. The second-order valence-corrected chi connectivity index (χ2v) is 5.86. The first-order chi connectivity index (χ1) is 6.31. The standard InChI is InChI=1S/C13H22/c1-3-9-7-10-4-5-11(13(9)10)12-6-8(12)2/h8-13H,3-7H2,1-2H3. The maximum absolute atomic E-state index is 2.46. The van der Waals surface area contributed by atoms with Gasteiger partial charge in [-0.05, 0) is 61.2 Å². The molecule has 3 fully saturated rings. The van der Waals surface area contributed by atoms with Crippen LogP contribution in [0.4, 0.5) is 0 Å². The summed E-state index contributed by atoms with van der Waals surface area (Å²) >= 11 is 0. The lowest BCUT2D eigenvalue weighted by molar-refractivity contribution is 0.0554. The minimum Gasteiger partial charge on any atom is -0.0651 e. The predicted octanol–water partition coefficient (Wildman–Crippen LogP) is 3.71. The second-order valence-electron chi connectivity index (χ2n) is 5.86. The van der Waals surface area contributed by atoms with Gasteiger partial charge in [0.2, 0.25) is 0 Å². The van der Waals surface area contributed by atoms with Gasteiger partial charge in [0.05, 0.1) is 0 Å². The van der Waals surface area contributed by atoms with E-state index in [4.69, 9.17) is 0 Å². The molecule has 13 heavy (non-hydrogen) atoms. The lowest BCUT2D eigenvalue weighted by Crippen LogP contribution is -2.36. The Morgan fingerprint density at radius 3 is 2.46 bits per heavy atom. The molecule has 3 rings (SSSR count). The van der Waals surface area contributed by atoms with Gasteiger partial charge in [0.15, 0.2) is 0 Å². The van der Waals surface area contributed by atoms with Crippen molar-refractivity contribution in [3.63, 3.8) is 0 Å². The Hall–Kier alpha value is 0. The van der Waals surface area contributed by atoms with Crippen LogP contribution < -0.4 is 0 Å². The summed E-state index contributed by atoms with van der Waals surface area (Å²) < 4.78 is 0. The molecule has 0 aliphatic heterocycles. The molecular formula is C13H22. The molecule has 0 heteroatoms. The van der Waals surface area contributed by atoms with Crippen LogP contribution in [0.25, 0.3) is 0 Å². The molecule has 0 nitrogen and oxygen atoms in total. The molecule has 0 N–H and O–H groups in total. The molecule has 0 aromatic carbocycles. The highest BCUT2D eigenvalue weighted by Gasteiger charge is 2.54. The van der Waals surface area contributed by atoms with Gasteiger partial charge in [0.25, 0.3) is 0 Å². The van der Waals surface area contributed by atoms with E-state index < -0.39 is 0 Å². The molecule has 0 radical (unpaired) electrons. The van der Waals surface area contributed by atoms with Crippen molar-refractivity contribution in [1.29, 1.82) is 0 Å². The Morgan fingerprint density at radius 1 is 1.08 bits per heavy atom. The van der Waals surface area contributed by atoms with Crippen molar-refractivity contribution >= 4 is 0 Å². The third kappa shape index (κ3) is 1.10. The summed E-state index contributed by atoms with van der Waals surface area (Å²) in [5.41, 5.74) is 0. The van der Waals surface area contributed by atoms with Crippen molar-refractivity contribution in [1.82, 2.24) is 0 Å². The molecule has 0 bridgehead atoms. The molecule has 0 spiro atoms. The fourth-order valence-corrected chi connectivity index (χ4v) is 4.39. The van der Waals surface area contributed by atoms with Crippen LogP contribution in [-0.4, -0.2) is 0 Å². The summed E-state index contributed by atoms with van der Waals surface area (Å²) in [5.74, 6) is 6.89.